The van der Waals surface area contributed by atoms with Crippen molar-refractivity contribution in [3.63, 3.8) is 0 Å². The summed E-state index contributed by atoms with van der Waals surface area (Å²) in [5, 5.41) is 4.99. The molecule has 0 N–H and O–H groups in total. The first-order valence-corrected chi connectivity index (χ1v) is 14.2. The third kappa shape index (κ3) is 3.81. The molecule has 0 atom stereocenters. The van der Waals surface area contributed by atoms with Gasteiger partial charge >= 0.3 is 21.1 Å². The standard InChI is InChI=1S/C37H23N5O.Pt/c1-22-6-3-7-23(2)33(22)28-8-4-9-31-34(28)26-13-11-24(20-29(26)36-39-16-18-41(31)36)43-25-12-14-27-30(21-25)37-40-17-19-42(37)32-10-5-15-38-35(27)32;/h3-19H,1-2H3;/q-2;+2. The van der Waals surface area contributed by atoms with Gasteiger partial charge in [-0.15, -0.1) is 12.1 Å². The van der Waals surface area contributed by atoms with E-state index in [2.05, 4.69) is 88.9 Å². The van der Waals surface area contributed by atoms with Gasteiger partial charge in [0.15, 0.2) is 0 Å². The topological polar surface area (TPSA) is 56.7 Å². The van der Waals surface area contributed by atoms with Crippen LogP contribution in [-0.2, 0) is 21.1 Å². The molecule has 7 heteroatoms. The fourth-order valence-corrected chi connectivity index (χ4v) is 6.58. The second kappa shape index (κ2) is 10.0. The Balaban J connectivity index is 0.00000289. The van der Waals surface area contributed by atoms with Crippen molar-refractivity contribution < 1.29 is 25.8 Å². The van der Waals surface area contributed by atoms with E-state index >= 15 is 0 Å². The summed E-state index contributed by atoms with van der Waals surface area (Å²) in [6.07, 6.45) is 9.41. The summed E-state index contributed by atoms with van der Waals surface area (Å²) in [4.78, 5) is 14.0. The molecule has 6 nitrogen and oxygen atoms in total. The van der Waals surface area contributed by atoms with Crippen molar-refractivity contribution in [2.24, 2.45) is 0 Å². The summed E-state index contributed by atoms with van der Waals surface area (Å²) in [5.41, 5.74) is 9.61. The first kappa shape index (κ1) is 26.6. The van der Waals surface area contributed by atoms with E-state index in [0.717, 1.165) is 49.4 Å². The van der Waals surface area contributed by atoms with Crippen molar-refractivity contribution in [3.8, 4) is 22.6 Å². The monoisotopic (exact) mass is 748 g/mol. The third-order valence-electron chi connectivity index (χ3n) is 8.41. The number of pyridine rings is 3. The quantitative estimate of drug-likeness (QED) is 0.134. The van der Waals surface area contributed by atoms with Crippen LogP contribution in [0.1, 0.15) is 11.1 Å². The van der Waals surface area contributed by atoms with Crippen LogP contribution in [0, 0.1) is 26.0 Å². The van der Waals surface area contributed by atoms with Crippen molar-refractivity contribution in [2.75, 3.05) is 0 Å². The SMILES string of the molecule is Cc1cccc(C)c1-c1cccc2c1c1ccc(Oc3[c-]c4c(cc3)c3ncccc3n3ccnc43)[c-]c1c1nccn21.[Pt+2]. The Morgan fingerprint density at radius 3 is 1.95 bits per heavy atom. The van der Waals surface area contributed by atoms with Crippen LogP contribution in [0.2, 0.25) is 0 Å². The number of benzene rings is 4. The summed E-state index contributed by atoms with van der Waals surface area (Å²) >= 11 is 0. The van der Waals surface area contributed by atoms with Gasteiger partial charge in [0.05, 0.1) is 22.3 Å². The molecule has 212 valence electrons. The smallest absolute Gasteiger partial charge is 0.497 e. The minimum Gasteiger partial charge on any atom is -0.497 e. The van der Waals surface area contributed by atoms with E-state index in [1.165, 1.54) is 27.6 Å². The Morgan fingerprint density at radius 2 is 1.23 bits per heavy atom. The molecule has 9 aromatic rings. The number of aromatic nitrogens is 5. The summed E-state index contributed by atoms with van der Waals surface area (Å²) in [5.74, 6) is 1.18. The van der Waals surface area contributed by atoms with Gasteiger partial charge < -0.3 is 13.5 Å². The molecule has 0 unspecified atom stereocenters. The summed E-state index contributed by atoms with van der Waals surface area (Å²) < 4.78 is 10.6. The average Bonchev–Trinajstić information content (AvgIpc) is 3.73. The first-order valence-electron chi connectivity index (χ1n) is 14.2. The van der Waals surface area contributed by atoms with Gasteiger partial charge in [-0.05, 0) is 59.7 Å². The maximum Gasteiger partial charge on any atom is 2.00 e. The van der Waals surface area contributed by atoms with Gasteiger partial charge in [0, 0.05) is 48.0 Å². The predicted molar refractivity (Wildman–Crippen MR) is 171 cm³/mol. The van der Waals surface area contributed by atoms with Crippen molar-refractivity contribution in [2.45, 2.75) is 13.8 Å². The molecule has 0 amide bonds. The molecule has 0 aliphatic heterocycles. The molecule has 9 rings (SSSR count). The fraction of sp³-hybridized carbons (Fsp3) is 0.0541. The number of rotatable bonds is 3. The Kier molecular flexibility index (Phi) is 6.04. The van der Waals surface area contributed by atoms with Crippen LogP contribution in [0.25, 0.3) is 65.9 Å². The van der Waals surface area contributed by atoms with E-state index in [-0.39, 0.29) is 21.1 Å². The van der Waals surface area contributed by atoms with E-state index in [4.69, 9.17) is 9.72 Å². The number of aryl methyl sites for hydroxylation is 2. The minimum absolute atomic E-state index is 0. The van der Waals surface area contributed by atoms with Crippen LogP contribution in [0.5, 0.6) is 11.5 Å². The number of hydrogen-bond donors (Lipinski definition) is 0. The molecule has 0 saturated carbocycles. The minimum atomic E-state index is 0. The van der Waals surface area contributed by atoms with Crippen molar-refractivity contribution >= 4 is 54.8 Å². The van der Waals surface area contributed by atoms with Crippen LogP contribution in [0.15, 0.2) is 104 Å². The summed E-state index contributed by atoms with van der Waals surface area (Å²) in [6.45, 7) is 4.35. The maximum absolute atomic E-state index is 6.42. The molecule has 0 saturated heterocycles. The van der Waals surface area contributed by atoms with Gasteiger partial charge in [0.2, 0.25) is 0 Å². The summed E-state index contributed by atoms with van der Waals surface area (Å²) in [7, 11) is 0. The molecule has 0 fully saturated rings. The Hall–Kier alpha value is -5.06. The second-order valence-corrected chi connectivity index (χ2v) is 10.9. The van der Waals surface area contributed by atoms with Crippen LogP contribution >= 0.6 is 0 Å². The fourth-order valence-electron chi connectivity index (χ4n) is 6.58. The van der Waals surface area contributed by atoms with Crippen LogP contribution < -0.4 is 4.74 Å². The van der Waals surface area contributed by atoms with Crippen molar-refractivity contribution in [1.82, 2.24) is 23.8 Å². The van der Waals surface area contributed by atoms with Crippen molar-refractivity contribution in [3.05, 3.63) is 127 Å². The molecule has 0 aliphatic rings. The predicted octanol–water partition coefficient (Wildman–Crippen LogP) is 8.66. The average molecular weight is 749 g/mol. The molecule has 0 bridgehead atoms. The molecule has 4 aromatic carbocycles. The Labute approximate surface area is 266 Å². The Morgan fingerprint density at radius 1 is 0.614 bits per heavy atom. The first-order chi connectivity index (χ1) is 21.2. The normalized spacial score (nSPS) is 11.7. The van der Waals surface area contributed by atoms with Gasteiger partial charge in [0.25, 0.3) is 0 Å². The molecule has 44 heavy (non-hydrogen) atoms. The number of fused-ring (bicyclic) bond motifs is 12. The molecular weight excluding hydrogens is 726 g/mol. The zero-order valence-electron chi connectivity index (χ0n) is 23.8. The zero-order chi connectivity index (χ0) is 28.7. The molecule has 0 aliphatic carbocycles. The number of hydrogen-bond acceptors (Lipinski definition) is 4. The number of imidazole rings is 2. The van der Waals surface area contributed by atoms with Gasteiger partial charge in [0.1, 0.15) is 0 Å². The number of ether oxygens (including phenoxy) is 1. The van der Waals surface area contributed by atoms with Gasteiger partial charge in [-0.3, -0.25) is 15.0 Å². The van der Waals surface area contributed by atoms with Gasteiger partial charge in [-0.1, -0.05) is 76.1 Å². The molecule has 5 heterocycles. The largest absolute Gasteiger partial charge is 2.00 e. The maximum atomic E-state index is 6.42. The van der Waals surface area contributed by atoms with E-state index in [1.807, 2.05) is 53.5 Å². The van der Waals surface area contributed by atoms with E-state index < -0.39 is 0 Å². The van der Waals surface area contributed by atoms with Crippen LogP contribution in [0.4, 0.5) is 0 Å². The van der Waals surface area contributed by atoms with E-state index in [0.29, 0.717) is 11.5 Å². The van der Waals surface area contributed by atoms with E-state index in [1.54, 1.807) is 6.20 Å². The third-order valence-corrected chi connectivity index (χ3v) is 8.41. The molecule has 0 radical (unpaired) electrons. The van der Waals surface area contributed by atoms with Crippen molar-refractivity contribution in [1.29, 1.82) is 0 Å². The number of nitrogens with zero attached hydrogens (tertiary/aromatic N) is 5. The summed E-state index contributed by atoms with van der Waals surface area (Å²) in [6, 6.07) is 32.0. The van der Waals surface area contributed by atoms with Crippen LogP contribution in [-0.4, -0.2) is 23.8 Å². The Bertz CT molecular complexity index is 2560. The zero-order valence-corrected chi connectivity index (χ0v) is 26.0. The van der Waals surface area contributed by atoms with Gasteiger partial charge in [-0.25, -0.2) is 0 Å². The molecule has 5 aromatic heterocycles. The second-order valence-electron chi connectivity index (χ2n) is 10.9. The van der Waals surface area contributed by atoms with Crippen LogP contribution in [0.3, 0.4) is 0 Å². The molecular formula is C37H23N5OPt. The van der Waals surface area contributed by atoms with Gasteiger partial charge in [-0.2, -0.15) is 0 Å². The van der Waals surface area contributed by atoms with E-state index in [9.17, 15) is 0 Å². The molecule has 0 spiro atoms.